The van der Waals surface area contributed by atoms with E-state index < -0.39 is 40.0 Å². The number of hydrogen-bond donors (Lipinski definition) is 5. The molecule has 0 spiro atoms. The predicted molar refractivity (Wildman–Crippen MR) is 113 cm³/mol. The van der Waals surface area contributed by atoms with Gasteiger partial charge in [0.2, 0.25) is 15.9 Å². The molecule has 0 unspecified atom stereocenters. The van der Waals surface area contributed by atoms with E-state index in [2.05, 4.69) is 16.0 Å². The molecule has 11 nitrogen and oxygen atoms in total. The summed E-state index contributed by atoms with van der Waals surface area (Å²) in [4.78, 5) is 36.1. The van der Waals surface area contributed by atoms with Crippen LogP contribution in [0.1, 0.15) is 25.7 Å². The number of carbonyl (C=O) groups is 3. The molecule has 3 amide bonds. The highest BCUT2D eigenvalue weighted by atomic mass is 32.2. The molecule has 1 fully saturated rings. The van der Waals surface area contributed by atoms with Gasteiger partial charge in [-0.25, -0.2) is 18.0 Å². The van der Waals surface area contributed by atoms with Crippen molar-refractivity contribution in [3.8, 4) is 0 Å². The molecule has 1 aliphatic heterocycles. The van der Waals surface area contributed by atoms with Crippen LogP contribution >= 0.6 is 0 Å². The summed E-state index contributed by atoms with van der Waals surface area (Å²) < 4.78 is 26.9. The van der Waals surface area contributed by atoms with Crippen molar-refractivity contribution in [1.29, 1.82) is 0 Å². The fourth-order valence-corrected chi connectivity index (χ4v) is 4.89. The van der Waals surface area contributed by atoms with Gasteiger partial charge in [0.1, 0.15) is 12.1 Å². The largest absolute Gasteiger partial charge is 0.480 e. The number of aliphatic carboxylic acids is 1. The van der Waals surface area contributed by atoms with Gasteiger partial charge >= 0.3 is 12.0 Å². The van der Waals surface area contributed by atoms with Gasteiger partial charge in [0.05, 0.1) is 11.4 Å². The number of rotatable bonds is 11. The number of urea groups is 1. The highest BCUT2D eigenvalue weighted by molar-refractivity contribution is 7.89. The van der Waals surface area contributed by atoms with E-state index in [1.54, 1.807) is 18.2 Å². The summed E-state index contributed by atoms with van der Waals surface area (Å²) in [6.07, 6.45) is 2.19. The van der Waals surface area contributed by atoms with Crippen molar-refractivity contribution in [3.63, 3.8) is 0 Å². The smallest absolute Gasteiger partial charge is 0.328 e. The zero-order valence-electron chi connectivity index (χ0n) is 17.1. The number of carboxylic acid groups (broad SMARTS) is 1. The van der Waals surface area contributed by atoms with Crippen molar-refractivity contribution < 1.29 is 27.9 Å². The topological polar surface area (TPSA) is 171 Å². The van der Waals surface area contributed by atoms with Crippen LogP contribution < -0.4 is 21.7 Å². The molecule has 1 aromatic carbocycles. The lowest BCUT2D eigenvalue weighted by Gasteiger charge is -2.25. The van der Waals surface area contributed by atoms with Crippen LogP contribution in [0.2, 0.25) is 0 Å². The second-order valence-corrected chi connectivity index (χ2v) is 9.01. The molecule has 31 heavy (non-hydrogen) atoms. The SMILES string of the molecule is NCCCCNC(=O)NC[C@H](NC(=O)[C@@H]1CCCN1S(=O)(=O)c1ccccc1)C(=O)O. The van der Waals surface area contributed by atoms with E-state index in [-0.39, 0.29) is 24.4 Å². The Morgan fingerprint density at radius 3 is 2.52 bits per heavy atom. The lowest BCUT2D eigenvalue weighted by molar-refractivity contribution is -0.142. The van der Waals surface area contributed by atoms with Crippen LogP contribution in [0.4, 0.5) is 4.79 Å². The average Bonchev–Trinajstić information content (AvgIpc) is 3.25. The molecule has 1 heterocycles. The first-order valence-electron chi connectivity index (χ1n) is 10.1. The molecule has 12 heteroatoms. The third kappa shape index (κ3) is 6.91. The second-order valence-electron chi connectivity index (χ2n) is 7.12. The third-order valence-electron chi connectivity index (χ3n) is 4.85. The molecule has 0 radical (unpaired) electrons. The summed E-state index contributed by atoms with van der Waals surface area (Å²) in [5, 5.41) is 16.7. The molecule has 172 valence electrons. The lowest BCUT2D eigenvalue weighted by Crippen LogP contribution is -2.54. The fraction of sp³-hybridized carbons (Fsp3) is 0.526. The third-order valence-corrected chi connectivity index (χ3v) is 6.78. The minimum Gasteiger partial charge on any atom is -0.480 e. The Kier molecular flexibility index (Phi) is 9.21. The quantitative estimate of drug-likeness (QED) is 0.279. The molecule has 1 saturated heterocycles. The minimum absolute atomic E-state index is 0.0671. The van der Waals surface area contributed by atoms with E-state index in [0.29, 0.717) is 25.9 Å². The first-order valence-corrected chi connectivity index (χ1v) is 11.5. The van der Waals surface area contributed by atoms with Gasteiger partial charge in [0, 0.05) is 13.1 Å². The van der Waals surface area contributed by atoms with E-state index in [4.69, 9.17) is 5.73 Å². The van der Waals surface area contributed by atoms with Crippen molar-refractivity contribution in [2.24, 2.45) is 5.73 Å². The maximum absolute atomic E-state index is 12.9. The second kappa shape index (κ2) is 11.6. The van der Waals surface area contributed by atoms with Crippen molar-refractivity contribution in [1.82, 2.24) is 20.3 Å². The van der Waals surface area contributed by atoms with Gasteiger partial charge < -0.3 is 26.8 Å². The van der Waals surface area contributed by atoms with E-state index >= 15 is 0 Å². The fourth-order valence-electron chi connectivity index (χ4n) is 3.21. The number of amides is 3. The summed E-state index contributed by atoms with van der Waals surface area (Å²) in [6, 6.07) is 4.77. The maximum Gasteiger partial charge on any atom is 0.328 e. The zero-order valence-corrected chi connectivity index (χ0v) is 17.9. The molecule has 1 aromatic rings. The van der Waals surface area contributed by atoms with Crippen molar-refractivity contribution in [2.75, 3.05) is 26.2 Å². The predicted octanol–water partition coefficient (Wildman–Crippen LogP) is -0.553. The number of nitrogens with one attached hydrogen (secondary N) is 3. The van der Waals surface area contributed by atoms with Gasteiger partial charge in [-0.15, -0.1) is 0 Å². The summed E-state index contributed by atoms with van der Waals surface area (Å²) in [5.41, 5.74) is 5.37. The number of benzene rings is 1. The molecule has 0 bridgehead atoms. The zero-order chi connectivity index (χ0) is 22.9. The number of sulfonamides is 1. The normalized spacial score (nSPS) is 17.6. The summed E-state index contributed by atoms with van der Waals surface area (Å²) in [5.74, 6) is -2.05. The van der Waals surface area contributed by atoms with Crippen LogP contribution in [-0.4, -0.2) is 74.0 Å². The summed E-state index contributed by atoms with van der Waals surface area (Å²) in [7, 11) is -3.89. The molecule has 0 aliphatic carbocycles. The van der Waals surface area contributed by atoms with E-state index in [1.165, 1.54) is 12.1 Å². The molecule has 2 atom stereocenters. The average molecular weight is 456 g/mol. The van der Waals surface area contributed by atoms with E-state index in [9.17, 15) is 27.9 Å². The molecule has 6 N–H and O–H groups in total. The van der Waals surface area contributed by atoms with Crippen LogP contribution in [0.5, 0.6) is 0 Å². The molecule has 1 aliphatic rings. The Hall–Kier alpha value is -2.70. The molecule has 0 saturated carbocycles. The number of carbonyl (C=O) groups excluding carboxylic acids is 2. The number of nitrogens with zero attached hydrogens (tertiary/aromatic N) is 1. The maximum atomic E-state index is 12.9. The van der Waals surface area contributed by atoms with Crippen LogP contribution in [0.25, 0.3) is 0 Å². The van der Waals surface area contributed by atoms with E-state index in [1.807, 2.05) is 0 Å². The monoisotopic (exact) mass is 455 g/mol. The molecular formula is C19H29N5O6S. The minimum atomic E-state index is -3.89. The summed E-state index contributed by atoms with van der Waals surface area (Å²) >= 11 is 0. The first kappa shape index (κ1) is 24.6. The molecule has 2 rings (SSSR count). The van der Waals surface area contributed by atoms with Gasteiger partial charge in [0.25, 0.3) is 0 Å². The van der Waals surface area contributed by atoms with Gasteiger partial charge in [-0.2, -0.15) is 4.31 Å². The number of nitrogens with two attached hydrogens (primary N) is 1. The Labute approximate surface area is 181 Å². The number of hydrogen-bond acceptors (Lipinski definition) is 6. The van der Waals surface area contributed by atoms with Crippen LogP contribution in [0.3, 0.4) is 0 Å². The first-order chi connectivity index (χ1) is 14.8. The van der Waals surface area contributed by atoms with Crippen molar-refractivity contribution in [2.45, 2.75) is 42.7 Å². The Bertz CT molecular complexity index is 864. The molecule has 0 aromatic heterocycles. The van der Waals surface area contributed by atoms with Crippen LogP contribution in [-0.2, 0) is 19.6 Å². The van der Waals surface area contributed by atoms with Gasteiger partial charge in [-0.1, -0.05) is 18.2 Å². The standard InChI is InChI=1S/C19H29N5O6S/c20-10-4-5-11-21-19(28)22-13-15(18(26)27)23-17(25)16-9-6-12-24(16)31(29,30)14-7-2-1-3-8-14/h1-3,7-8,15-16H,4-6,9-13,20H2,(H,23,25)(H,26,27)(H2,21,22,28)/t15-,16-/m0/s1. The Balaban J connectivity index is 1.97. The van der Waals surface area contributed by atoms with Crippen LogP contribution in [0.15, 0.2) is 35.2 Å². The number of carboxylic acids is 1. The van der Waals surface area contributed by atoms with Gasteiger partial charge in [0.15, 0.2) is 0 Å². The van der Waals surface area contributed by atoms with Crippen molar-refractivity contribution >= 4 is 27.9 Å². The van der Waals surface area contributed by atoms with Gasteiger partial charge in [-0.3, -0.25) is 4.79 Å². The Morgan fingerprint density at radius 1 is 1.16 bits per heavy atom. The van der Waals surface area contributed by atoms with E-state index in [0.717, 1.165) is 10.7 Å². The lowest BCUT2D eigenvalue weighted by atomic mass is 10.2. The highest BCUT2D eigenvalue weighted by Crippen LogP contribution is 2.26. The van der Waals surface area contributed by atoms with Crippen molar-refractivity contribution in [3.05, 3.63) is 30.3 Å². The number of unbranched alkanes of at least 4 members (excludes halogenated alkanes) is 1. The van der Waals surface area contributed by atoms with Crippen LogP contribution in [0, 0.1) is 0 Å². The van der Waals surface area contributed by atoms with Gasteiger partial charge in [-0.05, 0) is 44.4 Å². The summed E-state index contributed by atoms with van der Waals surface area (Å²) in [6.45, 7) is 0.717. The molecular weight excluding hydrogens is 426 g/mol. The highest BCUT2D eigenvalue weighted by Gasteiger charge is 2.40. The Morgan fingerprint density at radius 2 is 1.87 bits per heavy atom.